The molecule has 1 saturated carbocycles. The second-order valence-electron chi connectivity index (χ2n) is 5.25. The van der Waals surface area contributed by atoms with Crippen molar-refractivity contribution in [3.05, 3.63) is 28.2 Å². The third-order valence-corrected chi connectivity index (χ3v) is 4.35. The molecule has 0 atom stereocenters. The summed E-state index contributed by atoms with van der Waals surface area (Å²) in [4.78, 5) is 0. The average Bonchev–Trinajstić information content (AvgIpc) is 2.38. The van der Waals surface area contributed by atoms with Crippen LogP contribution in [0.4, 0.5) is 18.9 Å². The van der Waals surface area contributed by atoms with Crippen molar-refractivity contribution in [2.24, 2.45) is 5.92 Å². The predicted octanol–water partition coefficient (Wildman–Crippen LogP) is 4.43. The first-order chi connectivity index (χ1) is 9.36. The molecule has 0 saturated heterocycles. The van der Waals surface area contributed by atoms with Gasteiger partial charge in [0.1, 0.15) is 0 Å². The third kappa shape index (κ3) is 4.12. The number of anilines is 1. The van der Waals surface area contributed by atoms with Gasteiger partial charge in [-0.05, 0) is 65.7 Å². The maximum absolute atomic E-state index is 12.5. The van der Waals surface area contributed by atoms with E-state index in [9.17, 15) is 18.3 Å². The van der Waals surface area contributed by atoms with E-state index in [0.29, 0.717) is 16.1 Å². The van der Waals surface area contributed by atoms with Crippen LogP contribution in [0.1, 0.15) is 31.2 Å². The molecule has 0 unspecified atom stereocenters. The van der Waals surface area contributed by atoms with Gasteiger partial charge in [0.15, 0.2) is 0 Å². The van der Waals surface area contributed by atoms with Crippen molar-refractivity contribution >= 4 is 21.6 Å². The number of alkyl halides is 3. The fraction of sp³-hybridized carbons (Fsp3) is 0.571. The lowest BCUT2D eigenvalue weighted by Gasteiger charge is -2.26. The van der Waals surface area contributed by atoms with Gasteiger partial charge in [0, 0.05) is 16.7 Å². The van der Waals surface area contributed by atoms with Gasteiger partial charge in [-0.15, -0.1) is 0 Å². The fourth-order valence-electron chi connectivity index (χ4n) is 2.44. The zero-order valence-corrected chi connectivity index (χ0v) is 12.5. The van der Waals surface area contributed by atoms with Gasteiger partial charge < -0.3 is 10.4 Å². The lowest BCUT2D eigenvalue weighted by molar-refractivity contribution is -0.137. The van der Waals surface area contributed by atoms with Crippen LogP contribution < -0.4 is 5.32 Å². The first-order valence-electron chi connectivity index (χ1n) is 6.65. The Kier molecular flexibility index (Phi) is 4.96. The molecule has 6 heteroatoms. The van der Waals surface area contributed by atoms with Crippen molar-refractivity contribution in [2.45, 2.75) is 38.0 Å². The molecule has 0 bridgehead atoms. The molecule has 1 aliphatic carbocycles. The number of hydrogen-bond acceptors (Lipinski definition) is 2. The van der Waals surface area contributed by atoms with Crippen molar-refractivity contribution < 1.29 is 18.3 Å². The molecule has 1 fully saturated rings. The molecule has 0 aromatic heterocycles. The second-order valence-corrected chi connectivity index (χ2v) is 6.10. The fourth-order valence-corrected chi connectivity index (χ4v) is 2.96. The summed E-state index contributed by atoms with van der Waals surface area (Å²) in [6.45, 7) is 0.719. The number of nitrogens with one attached hydrogen (secondary N) is 1. The zero-order valence-electron chi connectivity index (χ0n) is 10.9. The van der Waals surface area contributed by atoms with Crippen LogP contribution in [0, 0.1) is 5.92 Å². The molecule has 2 N–H and O–H groups in total. The Hall–Kier alpha value is -0.750. The Bertz CT molecular complexity index is 456. The minimum absolute atomic E-state index is 0.191. The highest BCUT2D eigenvalue weighted by Gasteiger charge is 2.30. The summed E-state index contributed by atoms with van der Waals surface area (Å²) in [5.74, 6) is 0.465. The maximum atomic E-state index is 12.5. The number of benzene rings is 1. The maximum Gasteiger partial charge on any atom is 0.416 e. The van der Waals surface area contributed by atoms with Crippen molar-refractivity contribution in [1.82, 2.24) is 0 Å². The quantitative estimate of drug-likeness (QED) is 0.844. The molecular formula is C14H17BrF3NO. The number of hydrogen-bond donors (Lipinski definition) is 2. The van der Waals surface area contributed by atoms with Crippen molar-refractivity contribution in [3.8, 4) is 0 Å². The monoisotopic (exact) mass is 351 g/mol. The first kappa shape index (κ1) is 15.6. The zero-order chi connectivity index (χ0) is 14.8. The molecule has 1 aromatic carbocycles. The van der Waals surface area contributed by atoms with Crippen molar-refractivity contribution in [3.63, 3.8) is 0 Å². The van der Waals surface area contributed by atoms with Gasteiger partial charge in [-0.3, -0.25) is 0 Å². The predicted molar refractivity (Wildman–Crippen MR) is 75.6 cm³/mol. The highest BCUT2D eigenvalue weighted by atomic mass is 79.9. The lowest BCUT2D eigenvalue weighted by atomic mass is 9.87. The molecule has 0 amide bonds. The standard InChI is InChI=1S/C14H17BrF3NO/c15-12-7-10(14(16,17)18)3-6-13(12)19-8-9-1-4-11(20)5-2-9/h3,6-7,9,11,19-20H,1-2,4-5,8H2. The van der Waals surface area contributed by atoms with Gasteiger partial charge in [0.05, 0.1) is 11.7 Å². The number of aliphatic hydroxyl groups excluding tert-OH is 1. The molecule has 0 spiro atoms. The topological polar surface area (TPSA) is 32.3 Å². The Morgan fingerprint density at radius 3 is 2.40 bits per heavy atom. The molecule has 1 aliphatic rings. The van der Waals surface area contributed by atoms with Crippen LogP contribution >= 0.6 is 15.9 Å². The Labute approximate surface area is 124 Å². The summed E-state index contributed by atoms with van der Waals surface area (Å²) in [6, 6.07) is 3.62. The molecule has 0 heterocycles. The van der Waals surface area contributed by atoms with Gasteiger partial charge in [0.2, 0.25) is 0 Å². The van der Waals surface area contributed by atoms with Crippen LogP contribution in [0.25, 0.3) is 0 Å². The van der Waals surface area contributed by atoms with Gasteiger partial charge in [-0.1, -0.05) is 0 Å². The molecular weight excluding hydrogens is 335 g/mol. The molecule has 1 aromatic rings. The largest absolute Gasteiger partial charge is 0.416 e. The second kappa shape index (κ2) is 6.35. The molecule has 0 aliphatic heterocycles. The van der Waals surface area contributed by atoms with Gasteiger partial charge in [0.25, 0.3) is 0 Å². The highest BCUT2D eigenvalue weighted by molar-refractivity contribution is 9.10. The number of rotatable bonds is 3. The molecule has 0 radical (unpaired) electrons. The normalized spacial score (nSPS) is 23.6. The summed E-state index contributed by atoms with van der Waals surface area (Å²) < 4.78 is 38.1. The van der Waals surface area contributed by atoms with E-state index in [1.54, 1.807) is 0 Å². The van der Waals surface area contributed by atoms with Crippen molar-refractivity contribution in [2.75, 3.05) is 11.9 Å². The van der Waals surface area contributed by atoms with E-state index < -0.39 is 11.7 Å². The summed E-state index contributed by atoms with van der Waals surface area (Å²) >= 11 is 3.17. The Morgan fingerprint density at radius 1 is 1.20 bits per heavy atom. The minimum atomic E-state index is -4.32. The molecule has 112 valence electrons. The molecule has 2 nitrogen and oxygen atoms in total. The van der Waals surface area contributed by atoms with Crippen LogP contribution in [0.2, 0.25) is 0 Å². The smallest absolute Gasteiger partial charge is 0.393 e. The summed E-state index contributed by atoms with van der Waals surface area (Å²) in [5, 5.41) is 12.6. The van der Waals surface area contributed by atoms with E-state index in [0.717, 1.165) is 44.4 Å². The van der Waals surface area contributed by atoms with E-state index in [-0.39, 0.29) is 6.10 Å². The van der Waals surface area contributed by atoms with Gasteiger partial charge >= 0.3 is 6.18 Å². The SMILES string of the molecule is OC1CCC(CNc2ccc(C(F)(F)F)cc2Br)CC1. The van der Waals surface area contributed by atoms with E-state index in [4.69, 9.17) is 0 Å². The summed E-state index contributed by atoms with van der Waals surface area (Å²) in [7, 11) is 0. The summed E-state index contributed by atoms with van der Waals surface area (Å²) in [6.07, 6.45) is -0.996. The van der Waals surface area contributed by atoms with Gasteiger partial charge in [-0.2, -0.15) is 13.2 Å². The average molecular weight is 352 g/mol. The van der Waals surface area contributed by atoms with Crippen LogP contribution in [-0.4, -0.2) is 17.8 Å². The Balaban J connectivity index is 1.93. The van der Waals surface area contributed by atoms with E-state index in [1.165, 1.54) is 6.07 Å². The highest BCUT2D eigenvalue weighted by Crippen LogP contribution is 2.34. The van der Waals surface area contributed by atoms with Crippen LogP contribution in [0.3, 0.4) is 0 Å². The lowest BCUT2D eigenvalue weighted by Crippen LogP contribution is -2.23. The van der Waals surface area contributed by atoms with Crippen molar-refractivity contribution in [1.29, 1.82) is 0 Å². The van der Waals surface area contributed by atoms with Crippen LogP contribution in [0.15, 0.2) is 22.7 Å². The molecule has 2 rings (SSSR count). The number of halogens is 4. The minimum Gasteiger partial charge on any atom is -0.393 e. The van der Waals surface area contributed by atoms with Gasteiger partial charge in [-0.25, -0.2) is 0 Å². The van der Waals surface area contributed by atoms with E-state index >= 15 is 0 Å². The Morgan fingerprint density at radius 2 is 1.85 bits per heavy atom. The first-order valence-corrected chi connectivity index (χ1v) is 7.44. The summed E-state index contributed by atoms with van der Waals surface area (Å²) in [5.41, 5.74) is 0.0137. The molecule has 20 heavy (non-hydrogen) atoms. The van der Waals surface area contributed by atoms with Crippen LogP contribution in [-0.2, 0) is 6.18 Å². The van der Waals surface area contributed by atoms with E-state index in [2.05, 4.69) is 21.2 Å². The van der Waals surface area contributed by atoms with Crippen LogP contribution in [0.5, 0.6) is 0 Å². The van der Waals surface area contributed by atoms with E-state index in [1.807, 2.05) is 0 Å². The third-order valence-electron chi connectivity index (χ3n) is 3.69. The number of aliphatic hydroxyl groups is 1.